The minimum Gasteiger partial charge on any atom is -0.472 e. The number of pyridine rings is 1. The van der Waals surface area contributed by atoms with Gasteiger partial charge < -0.3 is 19.6 Å². The van der Waals surface area contributed by atoms with Crippen LogP contribution in [0.2, 0.25) is 5.02 Å². The summed E-state index contributed by atoms with van der Waals surface area (Å²) in [5.41, 5.74) is 2.75. The Morgan fingerprint density at radius 1 is 1.09 bits per heavy atom. The van der Waals surface area contributed by atoms with E-state index in [1.807, 2.05) is 36.4 Å². The molecule has 1 N–H and O–H groups in total. The van der Waals surface area contributed by atoms with Crippen molar-refractivity contribution in [3.8, 4) is 5.88 Å². The predicted molar refractivity (Wildman–Crippen MR) is 128 cm³/mol. The van der Waals surface area contributed by atoms with E-state index in [1.54, 1.807) is 30.5 Å². The smallest absolute Gasteiger partial charge is 0.303 e. The fourth-order valence-electron chi connectivity index (χ4n) is 3.26. The second-order valence-corrected chi connectivity index (χ2v) is 7.51. The van der Waals surface area contributed by atoms with Gasteiger partial charge in [0.1, 0.15) is 18.7 Å². The van der Waals surface area contributed by atoms with Crippen LogP contribution in [-0.2, 0) is 25.8 Å². The third-order valence-electron chi connectivity index (χ3n) is 4.78. The second-order valence-electron chi connectivity index (χ2n) is 7.10. The summed E-state index contributed by atoms with van der Waals surface area (Å²) in [5, 5.41) is 6.64. The van der Waals surface area contributed by atoms with Crippen LogP contribution in [-0.4, -0.2) is 36.7 Å². The fraction of sp³-hybridized carbons (Fsp3) is 0.200. The quantitative estimate of drug-likeness (QED) is 0.281. The molecule has 176 valence electrons. The molecule has 1 heterocycles. The van der Waals surface area contributed by atoms with Crippen molar-refractivity contribution in [3.63, 3.8) is 0 Å². The Bertz CT molecular complexity index is 1180. The van der Waals surface area contributed by atoms with Gasteiger partial charge in [-0.1, -0.05) is 71.4 Å². The SMILES string of the molecule is CNC(=O)/C(=N/OC)c1ccccc1COc1ncc(C(OC(C)=O)c2ccccc2)cc1Cl. The average molecular weight is 482 g/mol. The van der Waals surface area contributed by atoms with Crippen molar-refractivity contribution in [2.75, 3.05) is 14.2 Å². The molecule has 0 spiro atoms. The van der Waals surface area contributed by atoms with Crippen LogP contribution in [0.4, 0.5) is 0 Å². The zero-order chi connectivity index (χ0) is 24.5. The minimum atomic E-state index is -0.654. The van der Waals surface area contributed by atoms with E-state index in [-0.39, 0.29) is 23.2 Å². The van der Waals surface area contributed by atoms with E-state index < -0.39 is 18.0 Å². The summed E-state index contributed by atoms with van der Waals surface area (Å²) in [4.78, 5) is 33.1. The maximum atomic E-state index is 12.2. The number of likely N-dealkylation sites (N-methyl/N-ethyl adjacent to an activating group) is 1. The van der Waals surface area contributed by atoms with Crippen LogP contribution < -0.4 is 10.1 Å². The number of nitrogens with one attached hydrogen (secondary N) is 1. The van der Waals surface area contributed by atoms with E-state index in [4.69, 9.17) is 25.9 Å². The molecule has 1 aromatic heterocycles. The van der Waals surface area contributed by atoms with Crippen LogP contribution in [0.25, 0.3) is 0 Å². The van der Waals surface area contributed by atoms with Gasteiger partial charge >= 0.3 is 5.97 Å². The number of hydrogen-bond acceptors (Lipinski definition) is 7. The monoisotopic (exact) mass is 481 g/mol. The summed E-state index contributed by atoms with van der Waals surface area (Å²) in [6, 6.07) is 18.1. The number of carbonyl (C=O) groups is 2. The van der Waals surface area contributed by atoms with Crippen LogP contribution in [0.1, 0.15) is 35.3 Å². The first-order valence-electron chi connectivity index (χ1n) is 10.4. The number of aromatic nitrogens is 1. The lowest BCUT2D eigenvalue weighted by atomic mass is 10.0. The average Bonchev–Trinajstić information content (AvgIpc) is 2.85. The number of halogens is 1. The van der Waals surface area contributed by atoms with Gasteiger partial charge in [-0.15, -0.1) is 0 Å². The number of carbonyl (C=O) groups excluding carboxylic acids is 2. The highest BCUT2D eigenvalue weighted by Gasteiger charge is 2.21. The molecule has 0 aliphatic carbocycles. The van der Waals surface area contributed by atoms with Gasteiger partial charge in [0.15, 0.2) is 11.8 Å². The van der Waals surface area contributed by atoms with Crippen LogP contribution in [0.3, 0.4) is 0 Å². The first-order chi connectivity index (χ1) is 16.4. The summed E-state index contributed by atoms with van der Waals surface area (Å²) in [6.07, 6.45) is 0.898. The molecule has 2 aromatic carbocycles. The Labute approximate surface area is 202 Å². The molecule has 1 amide bonds. The van der Waals surface area contributed by atoms with Crippen molar-refractivity contribution in [2.24, 2.45) is 5.16 Å². The molecule has 8 nitrogen and oxygen atoms in total. The highest BCUT2D eigenvalue weighted by atomic mass is 35.5. The molecule has 0 bridgehead atoms. The van der Waals surface area contributed by atoms with Crippen molar-refractivity contribution >= 4 is 29.2 Å². The van der Waals surface area contributed by atoms with Gasteiger partial charge in [-0.3, -0.25) is 9.59 Å². The van der Waals surface area contributed by atoms with Crippen molar-refractivity contribution in [1.29, 1.82) is 0 Å². The molecule has 9 heteroatoms. The molecule has 0 aliphatic heterocycles. The molecule has 0 fully saturated rings. The highest BCUT2D eigenvalue weighted by Crippen LogP contribution is 2.31. The van der Waals surface area contributed by atoms with Crippen LogP contribution in [0, 0.1) is 0 Å². The van der Waals surface area contributed by atoms with Gasteiger partial charge in [-0.25, -0.2) is 4.98 Å². The third-order valence-corrected chi connectivity index (χ3v) is 5.05. The maximum Gasteiger partial charge on any atom is 0.303 e. The molecule has 34 heavy (non-hydrogen) atoms. The third kappa shape index (κ3) is 6.11. The van der Waals surface area contributed by atoms with Gasteiger partial charge in [0, 0.05) is 31.3 Å². The number of nitrogens with zero attached hydrogens (tertiary/aromatic N) is 2. The molecule has 1 unspecified atom stereocenters. The highest BCUT2D eigenvalue weighted by molar-refractivity contribution is 6.45. The van der Waals surface area contributed by atoms with Gasteiger partial charge in [-0.05, 0) is 17.2 Å². The summed E-state index contributed by atoms with van der Waals surface area (Å²) < 4.78 is 11.4. The Morgan fingerprint density at radius 2 is 1.79 bits per heavy atom. The minimum absolute atomic E-state index is 0.0774. The Morgan fingerprint density at radius 3 is 2.44 bits per heavy atom. The summed E-state index contributed by atoms with van der Waals surface area (Å²) >= 11 is 6.45. The fourth-order valence-corrected chi connectivity index (χ4v) is 3.49. The molecule has 1 atom stereocenters. The molecule has 0 saturated heterocycles. The Hall–Kier alpha value is -3.91. The summed E-state index contributed by atoms with van der Waals surface area (Å²) in [5.74, 6) is -0.626. The van der Waals surface area contributed by atoms with Gasteiger partial charge in [-0.2, -0.15) is 0 Å². The Kier molecular flexibility index (Phi) is 8.59. The van der Waals surface area contributed by atoms with Crippen molar-refractivity contribution in [3.05, 3.63) is 94.1 Å². The van der Waals surface area contributed by atoms with E-state index in [0.717, 1.165) is 5.56 Å². The van der Waals surface area contributed by atoms with E-state index in [1.165, 1.54) is 21.1 Å². The van der Waals surface area contributed by atoms with Gasteiger partial charge in [0.25, 0.3) is 5.91 Å². The molecular formula is C25H24ClN3O5. The molecule has 0 saturated carbocycles. The standard InChI is InChI=1S/C25H24ClN3O5/c1-16(30)34-23(17-9-5-4-6-10-17)19-13-21(26)25(28-14-19)33-15-18-11-7-8-12-20(18)22(29-32-3)24(31)27-2/h4-14,23H,15H2,1-3H3,(H,27,31)/b29-22+. The number of amides is 1. The molecule has 3 aromatic rings. The van der Waals surface area contributed by atoms with Crippen molar-refractivity contribution in [1.82, 2.24) is 10.3 Å². The van der Waals surface area contributed by atoms with Gasteiger partial charge in [0.05, 0.1) is 0 Å². The lowest BCUT2D eigenvalue weighted by molar-refractivity contribution is -0.144. The van der Waals surface area contributed by atoms with E-state index in [9.17, 15) is 9.59 Å². The van der Waals surface area contributed by atoms with Crippen LogP contribution in [0.5, 0.6) is 5.88 Å². The number of benzene rings is 2. The number of oxime groups is 1. The normalized spacial score (nSPS) is 11.9. The molecular weight excluding hydrogens is 458 g/mol. The topological polar surface area (TPSA) is 99.1 Å². The van der Waals surface area contributed by atoms with Gasteiger partial charge in [0.2, 0.25) is 5.88 Å². The second kappa shape index (κ2) is 11.8. The zero-order valence-corrected chi connectivity index (χ0v) is 19.7. The van der Waals surface area contributed by atoms with Crippen LogP contribution in [0.15, 0.2) is 72.0 Å². The molecule has 0 aliphatic rings. The maximum absolute atomic E-state index is 12.2. The number of esters is 1. The lowest BCUT2D eigenvalue weighted by Crippen LogP contribution is -2.29. The number of hydrogen-bond donors (Lipinski definition) is 1. The van der Waals surface area contributed by atoms with E-state index in [0.29, 0.717) is 16.7 Å². The molecule has 3 rings (SSSR count). The van der Waals surface area contributed by atoms with E-state index >= 15 is 0 Å². The largest absolute Gasteiger partial charge is 0.472 e. The molecule has 0 radical (unpaired) electrons. The predicted octanol–water partition coefficient (Wildman–Crippen LogP) is 4.06. The number of rotatable bonds is 9. The summed E-state index contributed by atoms with van der Waals surface area (Å²) in [6.45, 7) is 1.42. The first-order valence-corrected chi connectivity index (χ1v) is 10.7. The van der Waals surface area contributed by atoms with Crippen molar-refractivity contribution < 1.29 is 23.9 Å². The Balaban J connectivity index is 1.84. The van der Waals surface area contributed by atoms with Crippen molar-refractivity contribution in [2.45, 2.75) is 19.6 Å². The van der Waals surface area contributed by atoms with Crippen LogP contribution >= 0.6 is 11.6 Å². The first kappa shape index (κ1) is 24.7. The van der Waals surface area contributed by atoms with E-state index in [2.05, 4.69) is 15.5 Å². The lowest BCUT2D eigenvalue weighted by Gasteiger charge is -2.18. The summed E-state index contributed by atoms with van der Waals surface area (Å²) in [7, 11) is 2.88. The zero-order valence-electron chi connectivity index (χ0n) is 18.9. The number of ether oxygens (including phenoxy) is 2.